The summed E-state index contributed by atoms with van der Waals surface area (Å²) in [6, 6.07) is 29.8. The van der Waals surface area contributed by atoms with Crippen LogP contribution in [0.3, 0.4) is 0 Å². The van der Waals surface area contributed by atoms with Crippen LogP contribution in [0.2, 0.25) is 13.1 Å². The summed E-state index contributed by atoms with van der Waals surface area (Å²) < 4.78 is 0. The molecule has 0 saturated heterocycles. The molecule has 0 unspecified atom stereocenters. The fourth-order valence-electron chi connectivity index (χ4n) is 4.10. The zero-order valence-corrected chi connectivity index (χ0v) is 28.1. The molecule has 1 aliphatic carbocycles. The quantitative estimate of drug-likeness (QED) is 0.186. The Kier molecular flexibility index (Phi) is 14.3. The summed E-state index contributed by atoms with van der Waals surface area (Å²) in [5.74, 6) is 0. The van der Waals surface area contributed by atoms with Gasteiger partial charge < -0.3 is 24.8 Å². The molecule has 0 amide bonds. The molecule has 189 valence electrons. The molecule has 0 bridgehead atoms. The van der Waals surface area contributed by atoms with E-state index in [-0.39, 0.29) is 61.8 Å². The van der Waals surface area contributed by atoms with E-state index in [4.69, 9.17) is 0 Å². The fraction of sp³-hybridized carbons (Fsp3) is 0.344. The van der Waals surface area contributed by atoms with Crippen LogP contribution in [0.15, 0.2) is 72.8 Å². The van der Waals surface area contributed by atoms with Gasteiger partial charge in [-0.05, 0) is 28.4 Å². The number of hydrogen-bond donors (Lipinski definition) is 0. The maximum Gasteiger partial charge on any atom is 4.00 e. The van der Waals surface area contributed by atoms with Crippen LogP contribution in [0.4, 0.5) is 0 Å². The van der Waals surface area contributed by atoms with Gasteiger partial charge in [-0.15, -0.1) is 40.8 Å². The molecule has 1 aliphatic rings. The molecule has 0 atom stereocenters. The van der Waals surface area contributed by atoms with Gasteiger partial charge in [0, 0.05) is 9.52 Å². The molecule has 0 N–H and O–H groups in total. The first-order chi connectivity index (χ1) is 15.5. The van der Waals surface area contributed by atoms with Crippen molar-refractivity contribution < 1.29 is 51.0 Å². The summed E-state index contributed by atoms with van der Waals surface area (Å²) in [6.45, 7) is 18.0. The molecule has 0 aliphatic heterocycles. The third-order valence-corrected chi connectivity index (χ3v) is 6.01. The van der Waals surface area contributed by atoms with Crippen molar-refractivity contribution in [2.24, 2.45) is 0 Å². The number of halogens is 2. The molecule has 0 nitrogen and oxygen atoms in total. The van der Waals surface area contributed by atoms with Gasteiger partial charge in [-0.25, -0.2) is 0 Å². The van der Waals surface area contributed by atoms with Crippen molar-refractivity contribution in [3.63, 3.8) is 0 Å². The van der Waals surface area contributed by atoms with E-state index in [2.05, 4.69) is 133 Å². The van der Waals surface area contributed by atoms with E-state index in [0.717, 1.165) is 15.9 Å². The Morgan fingerprint density at radius 3 is 1.97 bits per heavy atom. The van der Waals surface area contributed by atoms with Crippen LogP contribution in [-0.4, -0.2) is 9.52 Å². The summed E-state index contributed by atoms with van der Waals surface area (Å²) in [4.78, 5) is 0. The van der Waals surface area contributed by atoms with Gasteiger partial charge in [-0.3, -0.25) is 0 Å². The molecule has 1 radical (unpaired) electrons. The van der Waals surface area contributed by atoms with Gasteiger partial charge >= 0.3 is 26.2 Å². The van der Waals surface area contributed by atoms with Crippen LogP contribution in [0.25, 0.3) is 21.9 Å². The van der Waals surface area contributed by atoms with Gasteiger partial charge in [0.1, 0.15) is 0 Å². The predicted octanol–water partition coefficient (Wildman–Crippen LogP) is 2.74. The van der Waals surface area contributed by atoms with Crippen LogP contribution < -0.4 is 24.8 Å². The minimum absolute atomic E-state index is 0. The summed E-state index contributed by atoms with van der Waals surface area (Å²) in [5, 5.41) is 2.66. The molecule has 4 aromatic rings. The van der Waals surface area contributed by atoms with Crippen molar-refractivity contribution in [2.75, 3.05) is 0 Å². The van der Waals surface area contributed by atoms with Gasteiger partial charge in [-0.1, -0.05) is 84.5 Å². The summed E-state index contributed by atoms with van der Waals surface area (Å²) in [5.41, 5.74) is 8.70. The SMILES string of the molecule is CC(C)(C)c1[c-]c2c(cc1)-c1ccc(C(C)(C)C)cc1C2.C[SiH]C.[Cl-].[Cl-].[Zr+4].c1ccc2[cH-]ccc2c1. The van der Waals surface area contributed by atoms with E-state index in [9.17, 15) is 0 Å². The predicted molar refractivity (Wildman–Crippen MR) is 149 cm³/mol. The molecular formula is C32H39Cl2SiZr. The van der Waals surface area contributed by atoms with E-state index in [1.165, 1.54) is 44.2 Å². The zero-order valence-electron chi connectivity index (χ0n) is 23.0. The average molecular weight is 614 g/mol. The molecular weight excluding hydrogens is 575 g/mol. The largest absolute Gasteiger partial charge is 4.00 e. The average Bonchev–Trinajstić information content (AvgIpc) is 3.37. The second-order valence-corrected chi connectivity index (χ2v) is 12.2. The van der Waals surface area contributed by atoms with Gasteiger partial charge in [0.05, 0.1) is 0 Å². The van der Waals surface area contributed by atoms with Crippen LogP contribution in [0.5, 0.6) is 0 Å². The molecule has 4 heteroatoms. The van der Waals surface area contributed by atoms with Gasteiger partial charge in [0.2, 0.25) is 0 Å². The topological polar surface area (TPSA) is 0 Å². The standard InChI is InChI=1S/C21H25.C9H7.C2H7Si.2ClH.Zr/c1-20(2,3)16-7-9-18-14(12-16)11-15-13-17(21(4,5)6)8-10-19(15)18;1-2-5-9-7-3-6-8(9)4-1;1-3-2;;;/h7-10,12H,11H2,1-6H3;1-7H;3H,1-2H3;2*1H;/q2*-1;;;;+4/p-2. The first kappa shape index (κ1) is 35.0. The van der Waals surface area contributed by atoms with E-state index < -0.39 is 0 Å². The van der Waals surface area contributed by atoms with E-state index in [0.29, 0.717) is 0 Å². The zero-order chi connectivity index (χ0) is 24.2. The Hall–Kier alpha value is -1.05. The van der Waals surface area contributed by atoms with Crippen LogP contribution in [-0.2, 0) is 43.5 Å². The maximum absolute atomic E-state index is 3.67. The van der Waals surface area contributed by atoms with Crippen LogP contribution in [0, 0.1) is 6.07 Å². The first-order valence-electron chi connectivity index (χ1n) is 12.1. The Bertz CT molecular complexity index is 1120. The van der Waals surface area contributed by atoms with E-state index in [1.54, 1.807) is 0 Å². The number of fused-ring (bicyclic) bond motifs is 4. The number of hydrogen-bond acceptors (Lipinski definition) is 0. The molecule has 0 fully saturated rings. The second-order valence-electron chi connectivity index (χ2n) is 11.0. The molecule has 0 spiro atoms. The van der Waals surface area contributed by atoms with Crippen molar-refractivity contribution >= 4 is 20.3 Å². The van der Waals surface area contributed by atoms with E-state index >= 15 is 0 Å². The Morgan fingerprint density at radius 1 is 0.778 bits per heavy atom. The normalized spacial score (nSPS) is 11.2. The Labute approximate surface area is 253 Å². The van der Waals surface area contributed by atoms with Crippen molar-refractivity contribution in [2.45, 2.75) is 71.9 Å². The summed E-state index contributed by atoms with van der Waals surface area (Å²) >= 11 is 0. The second kappa shape index (κ2) is 14.8. The third-order valence-electron chi connectivity index (χ3n) is 6.01. The smallest absolute Gasteiger partial charge is 1.00 e. The molecule has 4 aromatic carbocycles. The van der Waals surface area contributed by atoms with Crippen molar-refractivity contribution in [1.29, 1.82) is 0 Å². The monoisotopic (exact) mass is 611 g/mol. The minimum Gasteiger partial charge on any atom is -1.00 e. The van der Waals surface area contributed by atoms with Crippen LogP contribution in [0.1, 0.15) is 63.8 Å². The van der Waals surface area contributed by atoms with E-state index in [1.807, 2.05) is 0 Å². The molecule has 36 heavy (non-hydrogen) atoms. The third kappa shape index (κ3) is 8.76. The van der Waals surface area contributed by atoms with Crippen LogP contribution >= 0.6 is 0 Å². The Balaban J connectivity index is 0.000000688. The molecule has 0 heterocycles. The molecule has 0 saturated carbocycles. The first-order valence-corrected chi connectivity index (χ1v) is 14.4. The van der Waals surface area contributed by atoms with Gasteiger partial charge in [0.25, 0.3) is 0 Å². The summed E-state index contributed by atoms with van der Waals surface area (Å²) in [7, 11) is 0.750. The Morgan fingerprint density at radius 2 is 1.39 bits per heavy atom. The fourth-order valence-corrected chi connectivity index (χ4v) is 4.10. The molecule has 0 aromatic heterocycles. The van der Waals surface area contributed by atoms with Gasteiger partial charge in [0.15, 0.2) is 0 Å². The minimum atomic E-state index is 0. The summed E-state index contributed by atoms with van der Waals surface area (Å²) in [6.07, 6.45) is 1.03. The van der Waals surface area contributed by atoms with Crippen molar-refractivity contribution in [1.82, 2.24) is 0 Å². The number of benzene rings is 3. The molecule has 5 rings (SSSR count). The van der Waals surface area contributed by atoms with Crippen molar-refractivity contribution in [3.8, 4) is 11.1 Å². The number of rotatable bonds is 0. The maximum atomic E-state index is 3.67. The van der Waals surface area contributed by atoms with Crippen molar-refractivity contribution in [3.05, 3.63) is 101 Å². The van der Waals surface area contributed by atoms with Gasteiger partial charge in [-0.2, -0.15) is 41.3 Å².